The van der Waals surface area contributed by atoms with Crippen molar-refractivity contribution in [2.45, 2.75) is 12.8 Å². The van der Waals surface area contributed by atoms with Gasteiger partial charge in [-0.05, 0) is 24.5 Å². The summed E-state index contributed by atoms with van der Waals surface area (Å²) in [5, 5.41) is 12.0. The van der Waals surface area contributed by atoms with Crippen molar-refractivity contribution in [3.8, 4) is 11.1 Å². The van der Waals surface area contributed by atoms with E-state index in [4.69, 9.17) is 0 Å². The molecule has 3 rings (SSSR count). The molecule has 0 bridgehead atoms. The minimum Gasteiger partial charge on any atom is -0.480 e. The van der Waals surface area contributed by atoms with Gasteiger partial charge in [-0.1, -0.05) is 48.5 Å². The van der Waals surface area contributed by atoms with Crippen LogP contribution in [0, 0.1) is 5.41 Å². The number of carbonyl (C=O) groups is 2. The molecule has 0 saturated heterocycles. The van der Waals surface area contributed by atoms with E-state index in [9.17, 15) is 14.7 Å². The average Bonchev–Trinajstić information content (AvgIpc) is 3.30. The first-order valence-electron chi connectivity index (χ1n) is 6.83. The summed E-state index contributed by atoms with van der Waals surface area (Å²) in [5.74, 6) is -1.48. The highest BCUT2D eigenvalue weighted by molar-refractivity contribution is 6.11. The van der Waals surface area contributed by atoms with Gasteiger partial charge in [0.2, 0.25) is 5.91 Å². The van der Waals surface area contributed by atoms with Crippen molar-refractivity contribution in [3.05, 3.63) is 54.6 Å². The van der Waals surface area contributed by atoms with E-state index < -0.39 is 17.3 Å². The van der Waals surface area contributed by atoms with Crippen molar-refractivity contribution in [1.82, 2.24) is 0 Å². The van der Waals surface area contributed by atoms with Gasteiger partial charge in [0.15, 0.2) is 0 Å². The van der Waals surface area contributed by atoms with Crippen LogP contribution in [0.2, 0.25) is 0 Å². The molecule has 0 heterocycles. The summed E-state index contributed by atoms with van der Waals surface area (Å²) in [5.41, 5.74) is 1.27. The van der Waals surface area contributed by atoms with Crippen molar-refractivity contribution in [3.63, 3.8) is 0 Å². The molecule has 4 heteroatoms. The van der Waals surface area contributed by atoms with Crippen LogP contribution in [0.15, 0.2) is 54.6 Å². The van der Waals surface area contributed by atoms with Crippen LogP contribution in [0.1, 0.15) is 12.8 Å². The number of carboxylic acids is 1. The third-order valence-electron chi connectivity index (χ3n) is 3.85. The summed E-state index contributed by atoms with van der Waals surface area (Å²) >= 11 is 0. The lowest BCUT2D eigenvalue weighted by Crippen LogP contribution is -2.31. The lowest BCUT2D eigenvalue weighted by molar-refractivity contribution is -0.147. The van der Waals surface area contributed by atoms with Gasteiger partial charge >= 0.3 is 5.97 Å². The van der Waals surface area contributed by atoms with Gasteiger partial charge in [0.25, 0.3) is 0 Å². The third kappa shape index (κ3) is 2.40. The number of carboxylic acid groups (broad SMARTS) is 1. The van der Waals surface area contributed by atoms with Crippen molar-refractivity contribution in [2.24, 2.45) is 5.41 Å². The largest absolute Gasteiger partial charge is 0.480 e. The zero-order chi connectivity index (χ0) is 14.9. The van der Waals surface area contributed by atoms with Gasteiger partial charge in [0.1, 0.15) is 5.41 Å². The van der Waals surface area contributed by atoms with Crippen LogP contribution in [0.5, 0.6) is 0 Å². The quantitative estimate of drug-likeness (QED) is 0.846. The van der Waals surface area contributed by atoms with Crippen molar-refractivity contribution in [2.75, 3.05) is 5.32 Å². The molecule has 0 unspecified atom stereocenters. The number of hydrogen-bond acceptors (Lipinski definition) is 2. The zero-order valence-electron chi connectivity index (χ0n) is 11.4. The molecule has 2 N–H and O–H groups in total. The van der Waals surface area contributed by atoms with Crippen molar-refractivity contribution >= 4 is 17.6 Å². The number of anilines is 1. The predicted molar refractivity (Wildman–Crippen MR) is 79.8 cm³/mol. The molecular formula is C17H15NO3. The third-order valence-corrected chi connectivity index (χ3v) is 3.85. The Morgan fingerprint density at radius 1 is 0.952 bits per heavy atom. The second-order valence-electron chi connectivity index (χ2n) is 5.25. The van der Waals surface area contributed by atoms with E-state index >= 15 is 0 Å². The van der Waals surface area contributed by atoms with Gasteiger partial charge in [0.05, 0.1) is 0 Å². The molecule has 0 spiro atoms. The fraction of sp³-hybridized carbons (Fsp3) is 0.176. The Balaban J connectivity index is 1.91. The summed E-state index contributed by atoms with van der Waals surface area (Å²) in [6, 6.07) is 17.1. The van der Waals surface area contributed by atoms with E-state index in [0.717, 1.165) is 11.1 Å². The highest BCUT2D eigenvalue weighted by Gasteiger charge is 2.57. The fourth-order valence-corrected chi connectivity index (χ4v) is 2.37. The number of para-hydroxylation sites is 1. The van der Waals surface area contributed by atoms with Crippen LogP contribution in [0.3, 0.4) is 0 Å². The molecule has 1 aliphatic carbocycles. The smallest absolute Gasteiger partial charge is 0.319 e. The Kier molecular flexibility index (Phi) is 3.22. The van der Waals surface area contributed by atoms with Crippen LogP contribution in [0.25, 0.3) is 11.1 Å². The summed E-state index contributed by atoms with van der Waals surface area (Å²) in [6.45, 7) is 0. The number of carbonyl (C=O) groups excluding carboxylic acids is 1. The molecule has 4 nitrogen and oxygen atoms in total. The molecule has 2 aromatic rings. The Morgan fingerprint density at radius 2 is 1.57 bits per heavy atom. The monoisotopic (exact) mass is 281 g/mol. The standard InChI is InChI=1S/C17H15NO3/c19-15(17(10-11-17)16(20)21)18-14-9-5-4-8-13(14)12-6-2-1-3-7-12/h1-9H,10-11H2,(H,18,19)(H,20,21). The lowest BCUT2D eigenvalue weighted by Gasteiger charge is -2.14. The van der Waals surface area contributed by atoms with E-state index in [1.165, 1.54) is 0 Å². The maximum atomic E-state index is 12.2. The molecule has 0 aromatic heterocycles. The number of amides is 1. The first-order chi connectivity index (χ1) is 10.1. The van der Waals surface area contributed by atoms with Crippen molar-refractivity contribution in [1.29, 1.82) is 0 Å². The number of aliphatic carboxylic acids is 1. The van der Waals surface area contributed by atoms with Crippen molar-refractivity contribution < 1.29 is 14.7 Å². The SMILES string of the molecule is O=C(O)C1(C(=O)Nc2ccccc2-c2ccccc2)CC1. The molecule has 0 radical (unpaired) electrons. The van der Waals surface area contributed by atoms with Gasteiger partial charge in [-0.25, -0.2) is 0 Å². The molecule has 1 aliphatic rings. The lowest BCUT2D eigenvalue weighted by atomic mass is 10.0. The first-order valence-corrected chi connectivity index (χ1v) is 6.83. The highest BCUT2D eigenvalue weighted by atomic mass is 16.4. The summed E-state index contributed by atoms with van der Waals surface area (Å²) in [4.78, 5) is 23.4. The van der Waals surface area contributed by atoms with Crippen LogP contribution in [-0.2, 0) is 9.59 Å². The summed E-state index contributed by atoms with van der Waals surface area (Å²) in [7, 11) is 0. The molecule has 2 aromatic carbocycles. The Bertz CT molecular complexity index is 690. The Labute approximate surface area is 122 Å². The summed E-state index contributed by atoms with van der Waals surface area (Å²) in [6.07, 6.45) is 0.809. The maximum absolute atomic E-state index is 12.2. The molecule has 1 amide bonds. The maximum Gasteiger partial charge on any atom is 0.319 e. The van der Waals surface area contributed by atoms with E-state index in [1.54, 1.807) is 6.07 Å². The number of nitrogens with one attached hydrogen (secondary N) is 1. The van der Waals surface area contributed by atoms with Crippen LogP contribution in [-0.4, -0.2) is 17.0 Å². The number of hydrogen-bond donors (Lipinski definition) is 2. The predicted octanol–water partition coefficient (Wildman–Crippen LogP) is 3.16. The molecule has 106 valence electrons. The second kappa shape index (κ2) is 5.05. The molecule has 21 heavy (non-hydrogen) atoms. The van der Waals surface area contributed by atoms with Crippen LogP contribution < -0.4 is 5.32 Å². The normalized spacial score (nSPS) is 15.2. The summed E-state index contributed by atoms with van der Waals surface area (Å²) < 4.78 is 0. The van der Waals surface area contributed by atoms with Crippen LogP contribution >= 0.6 is 0 Å². The number of benzene rings is 2. The molecular weight excluding hydrogens is 266 g/mol. The molecule has 0 aliphatic heterocycles. The Hall–Kier alpha value is -2.62. The topological polar surface area (TPSA) is 66.4 Å². The van der Waals surface area contributed by atoms with E-state index in [1.807, 2.05) is 48.5 Å². The Morgan fingerprint density at radius 3 is 2.19 bits per heavy atom. The fourth-order valence-electron chi connectivity index (χ4n) is 2.37. The van der Waals surface area contributed by atoms with Gasteiger partial charge in [-0.2, -0.15) is 0 Å². The molecule has 1 fully saturated rings. The minimum absolute atomic E-state index is 0.404. The van der Waals surface area contributed by atoms with E-state index in [2.05, 4.69) is 5.32 Å². The van der Waals surface area contributed by atoms with E-state index in [0.29, 0.717) is 18.5 Å². The van der Waals surface area contributed by atoms with Gasteiger partial charge in [-0.3, -0.25) is 9.59 Å². The van der Waals surface area contributed by atoms with Gasteiger partial charge in [0, 0.05) is 11.3 Å². The van der Waals surface area contributed by atoms with Gasteiger partial charge < -0.3 is 10.4 Å². The highest BCUT2D eigenvalue weighted by Crippen LogP contribution is 2.47. The second-order valence-corrected chi connectivity index (χ2v) is 5.25. The average molecular weight is 281 g/mol. The van der Waals surface area contributed by atoms with Gasteiger partial charge in [-0.15, -0.1) is 0 Å². The first kappa shape index (κ1) is 13.4. The minimum atomic E-state index is -1.23. The molecule has 0 atom stereocenters. The zero-order valence-corrected chi connectivity index (χ0v) is 11.4. The van der Waals surface area contributed by atoms with Crippen LogP contribution in [0.4, 0.5) is 5.69 Å². The van der Waals surface area contributed by atoms with E-state index in [-0.39, 0.29) is 0 Å². The number of rotatable bonds is 4. The molecule has 1 saturated carbocycles.